The highest BCUT2D eigenvalue weighted by Crippen LogP contribution is 2.16. The number of nitrogens with zero attached hydrogens (tertiary/aromatic N) is 2. The van der Waals surface area contributed by atoms with Crippen molar-refractivity contribution in [2.24, 2.45) is 0 Å². The van der Waals surface area contributed by atoms with Crippen molar-refractivity contribution in [3.05, 3.63) is 65.7 Å². The molecule has 2 amide bonds. The Hall–Kier alpha value is -2.82. The van der Waals surface area contributed by atoms with E-state index in [9.17, 15) is 9.59 Å². The number of hydrogen-bond donors (Lipinski definition) is 0. The third-order valence-electron chi connectivity index (χ3n) is 4.19. The van der Waals surface area contributed by atoms with Crippen LogP contribution >= 0.6 is 0 Å². The van der Waals surface area contributed by atoms with Crippen molar-refractivity contribution in [3.8, 4) is 5.75 Å². The number of carbonyl (C=O) groups is 2. The van der Waals surface area contributed by atoms with Crippen molar-refractivity contribution in [3.63, 3.8) is 0 Å². The number of rotatable bonds is 3. The van der Waals surface area contributed by atoms with Crippen LogP contribution in [0.2, 0.25) is 0 Å². The zero-order valence-electron chi connectivity index (χ0n) is 13.6. The number of benzene rings is 2. The number of piperazine rings is 1. The average molecular weight is 324 g/mol. The average Bonchev–Trinajstić information content (AvgIpc) is 2.67. The molecule has 2 aromatic rings. The maximum atomic E-state index is 12.6. The number of ether oxygens (including phenoxy) is 1. The summed E-state index contributed by atoms with van der Waals surface area (Å²) in [5, 5.41) is 0. The topological polar surface area (TPSA) is 49.9 Å². The molecule has 0 saturated carbocycles. The van der Waals surface area contributed by atoms with Gasteiger partial charge >= 0.3 is 0 Å². The molecular weight excluding hydrogens is 304 g/mol. The fourth-order valence-corrected chi connectivity index (χ4v) is 2.81. The highest BCUT2D eigenvalue weighted by Gasteiger charge is 2.25. The number of carbonyl (C=O) groups excluding carboxylic acids is 2. The van der Waals surface area contributed by atoms with E-state index >= 15 is 0 Å². The zero-order valence-corrected chi connectivity index (χ0v) is 13.6. The quantitative estimate of drug-likeness (QED) is 0.870. The van der Waals surface area contributed by atoms with Crippen LogP contribution in [0.15, 0.2) is 54.6 Å². The first kappa shape index (κ1) is 16.1. The second kappa shape index (κ2) is 7.17. The summed E-state index contributed by atoms with van der Waals surface area (Å²) in [7, 11) is 1.58. The second-order valence-electron chi connectivity index (χ2n) is 5.68. The van der Waals surface area contributed by atoms with Crippen molar-refractivity contribution < 1.29 is 14.3 Å². The molecule has 0 aromatic heterocycles. The van der Waals surface area contributed by atoms with Crippen molar-refractivity contribution in [2.45, 2.75) is 0 Å². The Morgan fingerprint density at radius 2 is 1.33 bits per heavy atom. The molecular formula is C19H20N2O3. The van der Waals surface area contributed by atoms with Gasteiger partial charge in [0.25, 0.3) is 11.8 Å². The monoisotopic (exact) mass is 324 g/mol. The molecule has 0 bridgehead atoms. The maximum absolute atomic E-state index is 12.6. The van der Waals surface area contributed by atoms with Gasteiger partial charge in [0, 0.05) is 37.3 Å². The minimum atomic E-state index is -0.0271. The van der Waals surface area contributed by atoms with Gasteiger partial charge in [0.15, 0.2) is 0 Å². The lowest BCUT2D eigenvalue weighted by Gasteiger charge is -2.35. The van der Waals surface area contributed by atoms with Gasteiger partial charge in [-0.1, -0.05) is 24.3 Å². The Bertz CT molecular complexity index is 722. The summed E-state index contributed by atoms with van der Waals surface area (Å²) in [5.74, 6) is 0.656. The van der Waals surface area contributed by atoms with Crippen molar-refractivity contribution in [1.82, 2.24) is 9.80 Å². The highest BCUT2D eigenvalue weighted by molar-refractivity contribution is 5.96. The minimum Gasteiger partial charge on any atom is -0.497 e. The van der Waals surface area contributed by atoms with Crippen LogP contribution in [0.25, 0.3) is 0 Å². The van der Waals surface area contributed by atoms with Crippen LogP contribution in [-0.4, -0.2) is 54.9 Å². The van der Waals surface area contributed by atoms with Gasteiger partial charge < -0.3 is 14.5 Å². The molecule has 5 heteroatoms. The first-order valence-corrected chi connectivity index (χ1v) is 7.96. The molecule has 1 heterocycles. The summed E-state index contributed by atoms with van der Waals surface area (Å²) < 4.78 is 5.17. The molecule has 1 aliphatic heterocycles. The summed E-state index contributed by atoms with van der Waals surface area (Å²) in [4.78, 5) is 28.6. The summed E-state index contributed by atoms with van der Waals surface area (Å²) in [5.41, 5.74) is 1.29. The third kappa shape index (κ3) is 3.40. The fourth-order valence-electron chi connectivity index (χ4n) is 2.81. The predicted molar refractivity (Wildman–Crippen MR) is 91.2 cm³/mol. The van der Waals surface area contributed by atoms with E-state index in [4.69, 9.17) is 4.74 Å². The second-order valence-corrected chi connectivity index (χ2v) is 5.68. The number of methoxy groups -OCH3 is 1. The van der Waals surface area contributed by atoms with Gasteiger partial charge in [-0.25, -0.2) is 0 Å². The van der Waals surface area contributed by atoms with Crippen molar-refractivity contribution in [2.75, 3.05) is 33.3 Å². The van der Waals surface area contributed by atoms with Gasteiger partial charge in [0.2, 0.25) is 0 Å². The van der Waals surface area contributed by atoms with Crippen LogP contribution in [0.1, 0.15) is 20.7 Å². The molecule has 0 radical (unpaired) electrons. The highest BCUT2D eigenvalue weighted by atomic mass is 16.5. The van der Waals surface area contributed by atoms with E-state index in [2.05, 4.69) is 0 Å². The summed E-state index contributed by atoms with van der Waals surface area (Å²) >= 11 is 0. The van der Waals surface area contributed by atoms with Gasteiger partial charge in [-0.2, -0.15) is 0 Å². The summed E-state index contributed by atoms with van der Waals surface area (Å²) in [6.45, 7) is 2.16. The first-order chi connectivity index (χ1) is 11.7. The van der Waals surface area contributed by atoms with E-state index in [-0.39, 0.29) is 11.8 Å². The lowest BCUT2D eigenvalue weighted by Crippen LogP contribution is -2.50. The normalized spacial score (nSPS) is 14.4. The third-order valence-corrected chi connectivity index (χ3v) is 4.19. The van der Waals surface area contributed by atoms with Crippen LogP contribution in [0, 0.1) is 0 Å². The standard InChI is InChI=1S/C19H20N2O3/c1-24-17-9-5-8-16(14-17)19(23)21-12-10-20(11-13-21)18(22)15-6-3-2-4-7-15/h2-9,14H,10-13H2,1H3. The Morgan fingerprint density at radius 1 is 0.792 bits per heavy atom. The molecule has 0 N–H and O–H groups in total. The molecule has 1 saturated heterocycles. The lowest BCUT2D eigenvalue weighted by molar-refractivity contribution is 0.0535. The summed E-state index contributed by atoms with van der Waals surface area (Å²) in [6, 6.07) is 16.4. The Morgan fingerprint density at radius 3 is 1.92 bits per heavy atom. The fraction of sp³-hybridized carbons (Fsp3) is 0.263. The van der Waals surface area contributed by atoms with Gasteiger partial charge in [-0.3, -0.25) is 9.59 Å². The molecule has 0 unspecified atom stereocenters. The smallest absolute Gasteiger partial charge is 0.254 e. The number of amides is 2. The van der Waals surface area contributed by atoms with E-state index in [1.54, 1.807) is 35.1 Å². The summed E-state index contributed by atoms with van der Waals surface area (Å²) in [6.07, 6.45) is 0. The lowest BCUT2D eigenvalue weighted by atomic mass is 10.1. The Balaban J connectivity index is 1.62. The van der Waals surface area contributed by atoms with Gasteiger partial charge in [-0.05, 0) is 30.3 Å². The van der Waals surface area contributed by atoms with Gasteiger partial charge in [0.1, 0.15) is 5.75 Å². The SMILES string of the molecule is COc1cccc(C(=O)N2CCN(C(=O)c3ccccc3)CC2)c1. The first-order valence-electron chi connectivity index (χ1n) is 7.96. The van der Waals surface area contributed by atoms with E-state index in [1.807, 2.05) is 36.4 Å². The maximum Gasteiger partial charge on any atom is 0.254 e. The number of hydrogen-bond acceptors (Lipinski definition) is 3. The van der Waals surface area contributed by atoms with E-state index in [0.29, 0.717) is 43.1 Å². The zero-order chi connectivity index (χ0) is 16.9. The van der Waals surface area contributed by atoms with Crippen LogP contribution in [0.4, 0.5) is 0 Å². The van der Waals surface area contributed by atoms with E-state index < -0.39 is 0 Å². The molecule has 3 rings (SSSR count). The predicted octanol–water partition coefficient (Wildman–Crippen LogP) is 2.29. The molecule has 1 aliphatic rings. The Kier molecular flexibility index (Phi) is 4.79. The molecule has 2 aromatic carbocycles. The Labute approximate surface area is 141 Å². The van der Waals surface area contributed by atoms with E-state index in [1.165, 1.54) is 0 Å². The molecule has 0 aliphatic carbocycles. The van der Waals surface area contributed by atoms with Gasteiger partial charge in [-0.15, -0.1) is 0 Å². The molecule has 124 valence electrons. The van der Waals surface area contributed by atoms with Crippen molar-refractivity contribution >= 4 is 11.8 Å². The minimum absolute atomic E-state index is 0.0177. The van der Waals surface area contributed by atoms with Crippen LogP contribution < -0.4 is 4.74 Å². The molecule has 0 spiro atoms. The molecule has 24 heavy (non-hydrogen) atoms. The van der Waals surface area contributed by atoms with Crippen LogP contribution in [0.5, 0.6) is 5.75 Å². The van der Waals surface area contributed by atoms with Crippen LogP contribution in [0.3, 0.4) is 0 Å². The molecule has 0 atom stereocenters. The van der Waals surface area contributed by atoms with E-state index in [0.717, 1.165) is 0 Å². The molecule has 1 fully saturated rings. The largest absolute Gasteiger partial charge is 0.497 e. The van der Waals surface area contributed by atoms with Gasteiger partial charge in [0.05, 0.1) is 7.11 Å². The molecule has 5 nitrogen and oxygen atoms in total. The van der Waals surface area contributed by atoms with Crippen molar-refractivity contribution in [1.29, 1.82) is 0 Å². The van der Waals surface area contributed by atoms with Crippen LogP contribution in [-0.2, 0) is 0 Å².